The lowest BCUT2D eigenvalue weighted by Crippen LogP contribution is -2.14. The van der Waals surface area contributed by atoms with E-state index in [4.69, 9.17) is 27.6 Å². The summed E-state index contributed by atoms with van der Waals surface area (Å²) in [5, 5.41) is 6.35. The van der Waals surface area contributed by atoms with Gasteiger partial charge in [0.05, 0.1) is 22.7 Å². The molecule has 0 radical (unpaired) electrons. The van der Waals surface area contributed by atoms with Crippen LogP contribution < -0.4 is 10.6 Å². The number of hydrogen-bond acceptors (Lipinski definition) is 3. The average molecular weight is 389 g/mol. The third-order valence-electron chi connectivity index (χ3n) is 3.52. The van der Waals surface area contributed by atoms with Crippen LogP contribution in [0.1, 0.15) is 16.1 Å². The Morgan fingerprint density at radius 2 is 1.58 bits per heavy atom. The van der Waals surface area contributed by atoms with E-state index in [9.17, 15) is 9.59 Å². The normalized spacial score (nSPS) is 10.4. The number of anilines is 2. The predicted octanol–water partition coefficient (Wildman–Crippen LogP) is 5.02. The number of rotatable bonds is 5. The molecule has 132 valence electrons. The zero-order valence-corrected chi connectivity index (χ0v) is 15.0. The van der Waals surface area contributed by atoms with E-state index < -0.39 is 0 Å². The highest BCUT2D eigenvalue weighted by Gasteiger charge is 2.09. The summed E-state index contributed by atoms with van der Waals surface area (Å²) in [6.07, 6.45) is 1.61. The van der Waals surface area contributed by atoms with Gasteiger partial charge in [-0.3, -0.25) is 9.59 Å². The smallest absolute Gasteiger partial charge is 0.291 e. The standard InChI is InChI=1S/C19H14Cl2N2O3/c20-15-8-3-12(10-16(15)21)11-18(24)22-13-4-6-14(7-5-13)23-19(25)17-2-1-9-26-17/h1-10H,11H2,(H,22,24)(H,23,25). The molecule has 7 heteroatoms. The Kier molecular flexibility index (Phi) is 5.61. The van der Waals surface area contributed by atoms with Gasteiger partial charge in [0.25, 0.3) is 5.91 Å². The van der Waals surface area contributed by atoms with Crippen LogP contribution in [0.4, 0.5) is 11.4 Å². The van der Waals surface area contributed by atoms with Crippen LogP contribution in [0.2, 0.25) is 10.0 Å². The Bertz CT molecular complexity index is 922. The predicted molar refractivity (Wildman–Crippen MR) is 102 cm³/mol. The molecule has 3 aromatic rings. The molecule has 2 N–H and O–H groups in total. The van der Waals surface area contributed by atoms with E-state index in [1.807, 2.05) is 0 Å². The molecular formula is C19H14Cl2N2O3. The van der Waals surface area contributed by atoms with Crippen molar-refractivity contribution >= 4 is 46.4 Å². The minimum absolute atomic E-state index is 0.174. The molecule has 0 bridgehead atoms. The van der Waals surface area contributed by atoms with Crippen molar-refractivity contribution in [2.24, 2.45) is 0 Å². The van der Waals surface area contributed by atoms with E-state index in [0.717, 1.165) is 5.56 Å². The second kappa shape index (κ2) is 8.08. The highest BCUT2D eigenvalue weighted by atomic mass is 35.5. The molecule has 1 heterocycles. The third-order valence-corrected chi connectivity index (χ3v) is 4.26. The molecule has 0 atom stereocenters. The molecule has 0 saturated carbocycles. The Morgan fingerprint density at radius 3 is 2.19 bits per heavy atom. The molecular weight excluding hydrogens is 375 g/mol. The molecule has 2 amide bonds. The molecule has 5 nitrogen and oxygen atoms in total. The van der Waals surface area contributed by atoms with Crippen LogP contribution in [-0.2, 0) is 11.2 Å². The molecule has 0 saturated heterocycles. The first-order chi connectivity index (χ1) is 12.5. The monoisotopic (exact) mass is 388 g/mol. The van der Waals surface area contributed by atoms with Crippen molar-refractivity contribution in [3.8, 4) is 0 Å². The number of nitrogens with one attached hydrogen (secondary N) is 2. The van der Waals surface area contributed by atoms with Gasteiger partial charge in [0.15, 0.2) is 5.76 Å². The molecule has 0 aliphatic heterocycles. The molecule has 0 spiro atoms. The summed E-state index contributed by atoms with van der Waals surface area (Å²) in [7, 11) is 0. The molecule has 0 fully saturated rings. The zero-order valence-electron chi connectivity index (χ0n) is 13.5. The molecule has 3 rings (SSSR count). The van der Waals surface area contributed by atoms with Crippen molar-refractivity contribution < 1.29 is 14.0 Å². The topological polar surface area (TPSA) is 71.3 Å². The molecule has 0 aliphatic rings. The van der Waals surface area contributed by atoms with Gasteiger partial charge < -0.3 is 15.1 Å². The second-order valence-corrected chi connectivity index (χ2v) is 6.30. The number of amides is 2. The van der Waals surface area contributed by atoms with Crippen molar-refractivity contribution in [2.75, 3.05) is 10.6 Å². The lowest BCUT2D eigenvalue weighted by molar-refractivity contribution is -0.115. The first-order valence-corrected chi connectivity index (χ1v) is 8.45. The maximum atomic E-state index is 12.1. The van der Waals surface area contributed by atoms with Gasteiger partial charge in [-0.15, -0.1) is 0 Å². The number of carbonyl (C=O) groups is 2. The van der Waals surface area contributed by atoms with Crippen molar-refractivity contribution in [2.45, 2.75) is 6.42 Å². The highest BCUT2D eigenvalue weighted by molar-refractivity contribution is 6.42. The second-order valence-electron chi connectivity index (χ2n) is 5.48. The van der Waals surface area contributed by atoms with Crippen LogP contribution in [0.15, 0.2) is 65.3 Å². The molecule has 2 aromatic carbocycles. The maximum Gasteiger partial charge on any atom is 0.291 e. The maximum absolute atomic E-state index is 12.1. The van der Waals surface area contributed by atoms with E-state index in [0.29, 0.717) is 21.4 Å². The lowest BCUT2D eigenvalue weighted by Gasteiger charge is -2.08. The highest BCUT2D eigenvalue weighted by Crippen LogP contribution is 2.23. The number of hydrogen-bond donors (Lipinski definition) is 2. The average Bonchev–Trinajstić information content (AvgIpc) is 3.15. The molecule has 1 aromatic heterocycles. The fourth-order valence-electron chi connectivity index (χ4n) is 2.28. The molecule has 0 aliphatic carbocycles. The number of benzene rings is 2. The zero-order chi connectivity index (χ0) is 18.5. The Morgan fingerprint density at radius 1 is 0.885 bits per heavy atom. The molecule has 26 heavy (non-hydrogen) atoms. The van der Waals surface area contributed by atoms with Gasteiger partial charge in [0.2, 0.25) is 5.91 Å². The third kappa shape index (κ3) is 4.65. The summed E-state index contributed by atoms with van der Waals surface area (Å²) in [5.41, 5.74) is 1.97. The summed E-state index contributed by atoms with van der Waals surface area (Å²) in [6.45, 7) is 0. The minimum Gasteiger partial charge on any atom is -0.459 e. The van der Waals surface area contributed by atoms with Gasteiger partial charge in [0.1, 0.15) is 0 Å². The lowest BCUT2D eigenvalue weighted by atomic mass is 10.1. The van der Waals surface area contributed by atoms with Gasteiger partial charge >= 0.3 is 0 Å². The van der Waals surface area contributed by atoms with E-state index in [1.54, 1.807) is 54.6 Å². The van der Waals surface area contributed by atoms with Crippen LogP contribution in [0.5, 0.6) is 0 Å². The van der Waals surface area contributed by atoms with E-state index in [1.165, 1.54) is 6.26 Å². The number of carbonyl (C=O) groups excluding carboxylic acids is 2. The van der Waals surface area contributed by atoms with E-state index >= 15 is 0 Å². The van der Waals surface area contributed by atoms with Gasteiger partial charge in [-0.05, 0) is 54.1 Å². The summed E-state index contributed by atoms with van der Waals surface area (Å²) in [4.78, 5) is 24.0. The summed E-state index contributed by atoms with van der Waals surface area (Å²) in [5.74, 6) is -0.300. The van der Waals surface area contributed by atoms with Crippen LogP contribution in [0.3, 0.4) is 0 Å². The SMILES string of the molecule is O=C(Cc1ccc(Cl)c(Cl)c1)Nc1ccc(NC(=O)c2ccco2)cc1. The number of furan rings is 1. The van der Waals surface area contributed by atoms with Gasteiger partial charge in [-0.1, -0.05) is 29.3 Å². The van der Waals surface area contributed by atoms with Crippen LogP contribution in [0, 0.1) is 0 Å². The van der Waals surface area contributed by atoms with Gasteiger partial charge in [0, 0.05) is 11.4 Å². The first kappa shape index (κ1) is 18.0. The summed E-state index contributed by atoms with van der Waals surface area (Å²) < 4.78 is 5.03. The Hall–Kier alpha value is -2.76. The van der Waals surface area contributed by atoms with Crippen molar-refractivity contribution in [3.05, 3.63) is 82.2 Å². The van der Waals surface area contributed by atoms with E-state index in [2.05, 4.69) is 10.6 Å². The minimum atomic E-state index is -0.341. The van der Waals surface area contributed by atoms with Gasteiger partial charge in [-0.2, -0.15) is 0 Å². The fourth-order valence-corrected chi connectivity index (χ4v) is 2.60. The fraction of sp³-hybridized carbons (Fsp3) is 0.0526. The Balaban J connectivity index is 1.57. The van der Waals surface area contributed by atoms with Crippen LogP contribution in [0.25, 0.3) is 0 Å². The largest absolute Gasteiger partial charge is 0.459 e. The van der Waals surface area contributed by atoms with Crippen LogP contribution >= 0.6 is 23.2 Å². The Labute approximate surface area is 159 Å². The first-order valence-electron chi connectivity index (χ1n) is 7.70. The van der Waals surface area contributed by atoms with Gasteiger partial charge in [-0.25, -0.2) is 0 Å². The van der Waals surface area contributed by atoms with Crippen molar-refractivity contribution in [1.82, 2.24) is 0 Å². The summed E-state index contributed by atoms with van der Waals surface area (Å²) >= 11 is 11.8. The summed E-state index contributed by atoms with van der Waals surface area (Å²) in [6, 6.07) is 15.1. The van der Waals surface area contributed by atoms with Crippen molar-refractivity contribution in [1.29, 1.82) is 0 Å². The van der Waals surface area contributed by atoms with Crippen molar-refractivity contribution in [3.63, 3.8) is 0 Å². The molecule has 0 unspecified atom stereocenters. The van der Waals surface area contributed by atoms with Crippen LogP contribution in [-0.4, -0.2) is 11.8 Å². The van der Waals surface area contributed by atoms with E-state index in [-0.39, 0.29) is 24.0 Å². The number of halogens is 2. The quantitative estimate of drug-likeness (QED) is 0.644.